The zero-order valence-corrected chi connectivity index (χ0v) is 16.2. The first-order valence-corrected chi connectivity index (χ1v) is 10.1. The smallest absolute Gasteiger partial charge is 0.212 e. The van der Waals surface area contributed by atoms with Crippen LogP contribution in [0.1, 0.15) is 37.3 Å². The molecule has 0 bridgehead atoms. The molecule has 0 amide bonds. The Morgan fingerprint density at radius 2 is 1.83 bits per heavy atom. The highest BCUT2D eigenvalue weighted by Crippen LogP contribution is 2.27. The summed E-state index contributed by atoms with van der Waals surface area (Å²) in [6, 6.07) is 0. The van der Waals surface area contributed by atoms with Crippen LogP contribution in [0.15, 0.2) is 4.52 Å². The molecule has 2 heterocycles. The van der Waals surface area contributed by atoms with Gasteiger partial charge in [-0.3, -0.25) is 0 Å². The van der Waals surface area contributed by atoms with Crippen molar-refractivity contribution >= 4 is 10.0 Å². The van der Waals surface area contributed by atoms with E-state index in [1.54, 1.807) is 6.92 Å². The monoisotopic (exact) mass is 358 g/mol. The van der Waals surface area contributed by atoms with E-state index in [-0.39, 0.29) is 5.75 Å². The minimum absolute atomic E-state index is 0.131. The predicted molar refractivity (Wildman–Crippen MR) is 94.5 cm³/mol. The van der Waals surface area contributed by atoms with Gasteiger partial charge >= 0.3 is 0 Å². The summed E-state index contributed by atoms with van der Waals surface area (Å²) in [5.74, 6) is 0.782. The number of hydrogen-bond acceptors (Lipinski definition) is 6. The molecule has 1 aromatic rings. The SMILES string of the molecule is Cc1noc(C)c1C(C)(C)NS(=O)(=O)CCCN1CCN(C)CC1. The fourth-order valence-corrected chi connectivity index (χ4v) is 4.91. The van der Waals surface area contributed by atoms with Crippen LogP contribution >= 0.6 is 0 Å². The van der Waals surface area contributed by atoms with Crippen LogP contribution in [0.5, 0.6) is 0 Å². The van der Waals surface area contributed by atoms with E-state index in [0.717, 1.165) is 44.0 Å². The lowest BCUT2D eigenvalue weighted by Crippen LogP contribution is -2.46. The van der Waals surface area contributed by atoms with Crippen molar-refractivity contribution in [1.82, 2.24) is 19.7 Å². The molecule has 1 saturated heterocycles. The van der Waals surface area contributed by atoms with Crippen molar-refractivity contribution in [2.24, 2.45) is 0 Å². The summed E-state index contributed by atoms with van der Waals surface area (Å²) >= 11 is 0. The van der Waals surface area contributed by atoms with Gasteiger partial charge in [-0.1, -0.05) is 5.16 Å². The van der Waals surface area contributed by atoms with E-state index in [1.807, 2.05) is 20.8 Å². The highest BCUT2D eigenvalue weighted by atomic mass is 32.2. The summed E-state index contributed by atoms with van der Waals surface area (Å²) in [6.45, 7) is 12.3. The van der Waals surface area contributed by atoms with Gasteiger partial charge in [0.2, 0.25) is 10.0 Å². The molecule has 0 aromatic carbocycles. The average Bonchev–Trinajstić information content (AvgIpc) is 2.79. The molecule has 0 radical (unpaired) electrons. The number of aromatic nitrogens is 1. The van der Waals surface area contributed by atoms with Gasteiger partial charge in [-0.25, -0.2) is 13.1 Å². The van der Waals surface area contributed by atoms with Crippen LogP contribution in [0.3, 0.4) is 0 Å². The molecule has 1 aliphatic rings. The lowest BCUT2D eigenvalue weighted by molar-refractivity contribution is 0.154. The van der Waals surface area contributed by atoms with Gasteiger partial charge in [-0.05, 0) is 47.7 Å². The molecule has 0 aliphatic carbocycles. The standard InChI is InChI=1S/C16H30N4O3S/c1-13-15(14(2)23-17-13)16(3,4)18-24(21,22)12-6-7-20-10-8-19(5)9-11-20/h18H,6-12H2,1-5H3. The van der Waals surface area contributed by atoms with Gasteiger partial charge in [0.15, 0.2) is 0 Å². The summed E-state index contributed by atoms with van der Waals surface area (Å²) in [4.78, 5) is 4.62. The summed E-state index contributed by atoms with van der Waals surface area (Å²) in [5.41, 5.74) is 0.795. The molecule has 1 N–H and O–H groups in total. The average molecular weight is 359 g/mol. The van der Waals surface area contributed by atoms with Gasteiger partial charge in [-0.2, -0.15) is 0 Å². The van der Waals surface area contributed by atoms with Crippen molar-refractivity contribution in [3.05, 3.63) is 17.0 Å². The Morgan fingerprint density at radius 1 is 1.21 bits per heavy atom. The van der Waals surface area contributed by atoms with Crippen molar-refractivity contribution in [1.29, 1.82) is 0 Å². The van der Waals surface area contributed by atoms with Crippen LogP contribution in [0.4, 0.5) is 0 Å². The summed E-state index contributed by atoms with van der Waals surface area (Å²) in [6.07, 6.45) is 0.636. The Balaban J connectivity index is 1.89. The summed E-state index contributed by atoms with van der Waals surface area (Å²) in [7, 11) is -1.25. The van der Waals surface area contributed by atoms with Gasteiger partial charge in [0.25, 0.3) is 0 Å². The maximum atomic E-state index is 12.5. The number of sulfonamides is 1. The molecule has 0 atom stereocenters. The molecule has 1 fully saturated rings. The zero-order valence-electron chi connectivity index (χ0n) is 15.4. The van der Waals surface area contributed by atoms with E-state index >= 15 is 0 Å². The summed E-state index contributed by atoms with van der Waals surface area (Å²) < 4.78 is 32.9. The first-order valence-electron chi connectivity index (χ1n) is 8.46. The third-order valence-electron chi connectivity index (χ3n) is 4.55. The van der Waals surface area contributed by atoms with Crippen molar-refractivity contribution in [2.75, 3.05) is 45.5 Å². The van der Waals surface area contributed by atoms with Crippen molar-refractivity contribution < 1.29 is 12.9 Å². The Kier molecular flexibility index (Phi) is 6.06. The largest absolute Gasteiger partial charge is 0.361 e. The Labute approximate surface area is 145 Å². The summed E-state index contributed by atoms with van der Waals surface area (Å²) in [5, 5.41) is 3.92. The van der Waals surface area contributed by atoms with Crippen molar-refractivity contribution in [2.45, 2.75) is 39.7 Å². The van der Waals surface area contributed by atoms with Crippen molar-refractivity contribution in [3.8, 4) is 0 Å². The molecule has 0 saturated carbocycles. The third-order valence-corrected chi connectivity index (χ3v) is 6.20. The van der Waals surface area contributed by atoms with E-state index in [1.165, 1.54) is 0 Å². The van der Waals surface area contributed by atoms with Crippen LogP contribution in [0.2, 0.25) is 0 Å². The molecule has 2 rings (SSSR count). The van der Waals surface area contributed by atoms with Gasteiger partial charge in [0.1, 0.15) is 5.76 Å². The Morgan fingerprint density at radius 3 is 2.38 bits per heavy atom. The van der Waals surface area contributed by atoms with Crippen LogP contribution in [-0.2, 0) is 15.6 Å². The zero-order chi connectivity index (χ0) is 18.0. The number of likely N-dealkylation sites (N-methyl/N-ethyl adjacent to an activating group) is 1. The topological polar surface area (TPSA) is 78.7 Å². The molecule has 24 heavy (non-hydrogen) atoms. The molecule has 8 heteroatoms. The second-order valence-corrected chi connectivity index (χ2v) is 9.09. The Hall–Kier alpha value is -0.960. The molecular formula is C16H30N4O3S. The van der Waals surface area contributed by atoms with Gasteiger partial charge < -0.3 is 14.3 Å². The minimum Gasteiger partial charge on any atom is -0.361 e. The highest BCUT2D eigenvalue weighted by molar-refractivity contribution is 7.89. The lowest BCUT2D eigenvalue weighted by atomic mass is 9.94. The molecule has 1 aliphatic heterocycles. The number of piperazine rings is 1. The first-order chi connectivity index (χ1) is 11.1. The van der Waals surface area contributed by atoms with E-state index in [0.29, 0.717) is 12.2 Å². The number of aryl methyl sites for hydroxylation is 2. The van der Waals surface area contributed by atoms with Gasteiger partial charge in [0.05, 0.1) is 17.0 Å². The lowest BCUT2D eigenvalue weighted by Gasteiger charge is -2.32. The Bertz CT molecular complexity index is 627. The van der Waals surface area contributed by atoms with E-state index in [9.17, 15) is 8.42 Å². The highest BCUT2D eigenvalue weighted by Gasteiger charge is 2.32. The van der Waals surface area contributed by atoms with Crippen LogP contribution < -0.4 is 4.72 Å². The third kappa shape index (κ3) is 5.02. The van der Waals surface area contributed by atoms with Crippen LogP contribution in [0, 0.1) is 13.8 Å². The number of nitrogens with zero attached hydrogens (tertiary/aromatic N) is 3. The molecule has 138 valence electrons. The predicted octanol–water partition coefficient (Wildman–Crippen LogP) is 1.08. The molecule has 7 nitrogen and oxygen atoms in total. The van der Waals surface area contributed by atoms with E-state index < -0.39 is 15.6 Å². The number of rotatable bonds is 7. The normalized spacial score (nSPS) is 18.2. The molecular weight excluding hydrogens is 328 g/mol. The van der Waals surface area contributed by atoms with Crippen LogP contribution in [-0.4, -0.2) is 68.9 Å². The quantitative estimate of drug-likeness (QED) is 0.786. The second-order valence-electron chi connectivity index (χ2n) is 7.24. The number of hydrogen-bond donors (Lipinski definition) is 1. The molecule has 0 spiro atoms. The maximum Gasteiger partial charge on any atom is 0.212 e. The van der Waals surface area contributed by atoms with E-state index in [2.05, 4.69) is 26.7 Å². The number of nitrogens with one attached hydrogen (secondary N) is 1. The first kappa shape index (κ1) is 19.4. The van der Waals surface area contributed by atoms with Gasteiger partial charge in [-0.15, -0.1) is 0 Å². The van der Waals surface area contributed by atoms with Gasteiger partial charge in [0, 0.05) is 31.7 Å². The minimum atomic E-state index is -3.37. The molecule has 0 unspecified atom stereocenters. The second kappa shape index (κ2) is 7.51. The van der Waals surface area contributed by atoms with Crippen LogP contribution in [0.25, 0.3) is 0 Å². The van der Waals surface area contributed by atoms with E-state index in [4.69, 9.17) is 4.52 Å². The maximum absolute atomic E-state index is 12.5. The fraction of sp³-hybridized carbons (Fsp3) is 0.812. The van der Waals surface area contributed by atoms with Crippen molar-refractivity contribution in [3.63, 3.8) is 0 Å². The molecule has 1 aromatic heterocycles. The fourth-order valence-electron chi connectivity index (χ4n) is 3.42.